The van der Waals surface area contributed by atoms with Crippen LogP contribution in [0.5, 0.6) is 0 Å². The lowest BCUT2D eigenvalue weighted by molar-refractivity contribution is -0.116. The van der Waals surface area contributed by atoms with Crippen LogP contribution in [0.25, 0.3) is 0 Å². The van der Waals surface area contributed by atoms with Gasteiger partial charge in [-0.15, -0.1) is 0 Å². The molecule has 1 aliphatic heterocycles. The number of nitrogen functional groups attached to an aromatic ring is 1. The zero-order valence-electron chi connectivity index (χ0n) is 12.7. The number of halogens is 1. The van der Waals surface area contributed by atoms with Gasteiger partial charge in [-0.2, -0.15) is 0 Å². The molecule has 2 unspecified atom stereocenters. The maximum absolute atomic E-state index is 13.6. The first-order valence-corrected chi connectivity index (χ1v) is 7.56. The van der Waals surface area contributed by atoms with Crippen molar-refractivity contribution in [2.45, 2.75) is 39.2 Å². The molecule has 1 aliphatic rings. The number of piperidine rings is 1. The highest BCUT2D eigenvalue weighted by molar-refractivity contribution is 5.91. The number of benzene rings is 1. The molecule has 1 aromatic carbocycles. The highest BCUT2D eigenvalue weighted by Crippen LogP contribution is 2.23. The minimum atomic E-state index is -0.461. The lowest BCUT2D eigenvalue weighted by Gasteiger charge is -2.37. The highest BCUT2D eigenvalue weighted by atomic mass is 19.1. The van der Waals surface area contributed by atoms with Gasteiger partial charge in [-0.05, 0) is 50.4 Å². The Morgan fingerprint density at radius 3 is 3.00 bits per heavy atom. The van der Waals surface area contributed by atoms with Gasteiger partial charge in [0.05, 0.1) is 5.69 Å². The molecule has 1 amide bonds. The Kier molecular flexibility index (Phi) is 5.17. The summed E-state index contributed by atoms with van der Waals surface area (Å²) in [5.74, 6) is 0.0237. The van der Waals surface area contributed by atoms with Crippen molar-refractivity contribution in [2.24, 2.45) is 5.92 Å². The van der Waals surface area contributed by atoms with Crippen molar-refractivity contribution in [3.63, 3.8) is 0 Å². The van der Waals surface area contributed by atoms with Gasteiger partial charge < -0.3 is 11.1 Å². The van der Waals surface area contributed by atoms with Gasteiger partial charge in [0, 0.05) is 24.7 Å². The topological polar surface area (TPSA) is 58.4 Å². The van der Waals surface area contributed by atoms with E-state index in [1.165, 1.54) is 31.0 Å². The Balaban J connectivity index is 1.86. The van der Waals surface area contributed by atoms with E-state index in [0.717, 1.165) is 6.54 Å². The molecule has 1 fully saturated rings. The normalized spacial score (nSPS) is 23.0. The van der Waals surface area contributed by atoms with Crippen molar-refractivity contribution in [3.05, 3.63) is 24.0 Å². The summed E-state index contributed by atoms with van der Waals surface area (Å²) in [4.78, 5) is 14.3. The smallest absolute Gasteiger partial charge is 0.225 e. The zero-order valence-corrected chi connectivity index (χ0v) is 12.7. The molecular formula is C16H24FN3O. The van der Waals surface area contributed by atoms with Crippen LogP contribution < -0.4 is 11.1 Å². The maximum atomic E-state index is 13.6. The predicted octanol–water partition coefficient (Wildman–Crippen LogP) is 2.86. The van der Waals surface area contributed by atoms with Gasteiger partial charge in [-0.3, -0.25) is 9.69 Å². The van der Waals surface area contributed by atoms with E-state index in [2.05, 4.69) is 24.1 Å². The third-order valence-corrected chi connectivity index (χ3v) is 4.39. The molecule has 3 N–H and O–H groups in total. The standard InChI is InChI=1S/C16H24FN3O/c1-11-4-3-8-20(12(11)2)9-7-16(21)19-15-10-13(18)5-6-14(15)17/h5-6,10-12H,3-4,7-9,18H2,1-2H3,(H,19,21). The van der Waals surface area contributed by atoms with Crippen LogP contribution in [0.3, 0.4) is 0 Å². The van der Waals surface area contributed by atoms with Crippen LogP contribution in [0.4, 0.5) is 15.8 Å². The van der Waals surface area contributed by atoms with Gasteiger partial charge in [0.2, 0.25) is 5.91 Å². The molecule has 1 saturated heterocycles. The van der Waals surface area contributed by atoms with Crippen LogP contribution in [0.2, 0.25) is 0 Å². The molecule has 2 rings (SSSR count). The van der Waals surface area contributed by atoms with Crippen molar-refractivity contribution in [1.82, 2.24) is 4.90 Å². The van der Waals surface area contributed by atoms with E-state index in [9.17, 15) is 9.18 Å². The monoisotopic (exact) mass is 293 g/mol. The van der Waals surface area contributed by atoms with E-state index in [1.54, 1.807) is 0 Å². The Labute approximate surface area is 125 Å². The van der Waals surface area contributed by atoms with Crippen LogP contribution >= 0.6 is 0 Å². The Hall–Kier alpha value is -1.62. The first-order valence-electron chi connectivity index (χ1n) is 7.56. The Morgan fingerprint density at radius 1 is 1.48 bits per heavy atom. The van der Waals surface area contributed by atoms with Gasteiger partial charge in [-0.25, -0.2) is 4.39 Å². The molecule has 1 heterocycles. The van der Waals surface area contributed by atoms with Crippen molar-refractivity contribution < 1.29 is 9.18 Å². The SMILES string of the molecule is CC1CCCN(CCC(=O)Nc2cc(N)ccc2F)C1C. The molecule has 5 heteroatoms. The fourth-order valence-corrected chi connectivity index (χ4v) is 2.83. The maximum Gasteiger partial charge on any atom is 0.225 e. The Morgan fingerprint density at radius 2 is 2.24 bits per heavy atom. The van der Waals surface area contributed by atoms with E-state index >= 15 is 0 Å². The third-order valence-electron chi connectivity index (χ3n) is 4.39. The molecule has 4 nitrogen and oxygen atoms in total. The number of nitrogens with one attached hydrogen (secondary N) is 1. The predicted molar refractivity (Wildman–Crippen MR) is 83.5 cm³/mol. The fourth-order valence-electron chi connectivity index (χ4n) is 2.83. The van der Waals surface area contributed by atoms with Gasteiger partial charge >= 0.3 is 0 Å². The highest BCUT2D eigenvalue weighted by Gasteiger charge is 2.24. The molecule has 21 heavy (non-hydrogen) atoms. The van der Waals surface area contributed by atoms with Gasteiger partial charge in [0.1, 0.15) is 5.82 Å². The van der Waals surface area contributed by atoms with Crippen molar-refractivity contribution in [1.29, 1.82) is 0 Å². The number of carbonyl (C=O) groups is 1. The number of hydrogen-bond acceptors (Lipinski definition) is 3. The largest absolute Gasteiger partial charge is 0.399 e. The van der Waals surface area contributed by atoms with Gasteiger partial charge in [0.25, 0.3) is 0 Å². The summed E-state index contributed by atoms with van der Waals surface area (Å²) in [5, 5.41) is 2.60. The van der Waals surface area contributed by atoms with E-state index in [1.807, 2.05) is 0 Å². The summed E-state index contributed by atoms with van der Waals surface area (Å²) in [7, 11) is 0. The third kappa shape index (κ3) is 4.17. The zero-order chi connectivity index (χ0) is 15.4. The molecular weight excluding hydrogens is 269 g/mol. The van der Waals surface area contributed by atoms with E-state index < -0.39 is 5.82 Å². The quantitative estimate of drug-likeness (QED) is 0.839. The van der Waals surface area contributed by atoms with Crippen LogP contribution in [0.1, 0.15) is 33.1 Å². The molecule has 0 aliphatic carbocycles. The van der Waals surface area contributed by atoms with Crippen molar-refractivity contribution in [3.8, 4) is 0 Å². The number of anilines is 2. The first kappa shape index (κ1) is 15.8. The molecule has 116 valence electrons. The van der Waals surface area contributed by atoms with Crippen LogP contribution in [-0.4, -0.2) is 29.9 Å². The van der Waals surface area contributed by atoms with Crippen LogP contribution in [0.15, 0.2) is 18.2 Å². The second-order valence-electron chi connectivity index (χ2n) is 5.93. The van der Waals surface area contributed by atoms with Crippen molar-refractivity contribution >= 4 is 17.3 Å². The molecule has 2 atom stereocenters. The molecule has 0 aromatic heterocycles. The number of hydrogen-bond donors (Lipinski definition) is 2. The van der Waals surface area contributed by atoms with Crippen molar-refractivity contribution in [2.75, 3.05) is 24.1 Å². The van der Waals surface area contributed by atoms with Crippen LogP contribution in [0, 0.1) is 11.7 Å². The average Bonchev–Trinajstić information content (AvgIpc) is 2.44. The number of rotatable bonds is 4. The number of amides is 1. The molecule has 0 spiro atoms. The molecule has 1 aromatic rings. The summed E-state index contributed by atoms with van der Waals surface area (Å²) >= 11 is 0. The second kappa shape index (κ2) is 6.89. The minimum Gasteiger partial charge on any atom is -0.399 e. The minimum absolute atomic E-state index is 0.153. The summed E-state index contributed by atoms with van der Waals surface area (Å²) in [6.45, 7) is 6.20. The molecule has 0 radical (unpaired) electrons. The fraction of sp³-hybridized carbons (Fsp3) is 0.562. The van der Waals surface area contributed by atoms with Crippen LogP contribution in [-0.2, 0) is 4.79 Å². The van der Waals surface area contributed by atoms with E-state index in [-0.39, 0.29) is 11.6 Å². The van der Waals surface area contributed by atoms with Gasteiger partial charge in [-0.1, -0.05) is 6.92 Å². The van der Waals surface area contributed by atoms with Gasteiger partial charge in [0.15, 0.2) is 0 Å². The summed E-state index contributed by atoms with van der Waals surface area (Å²) in [5.41, 5.74) is 6.19. The lowest BCUT2D eigenvalue weighted by atomic mass is 9.92. The number of nitrogens with zero attached hydrogens (tertiary/aromatic N) is 1. The second-order valence-corrected chi connectivity index (χ2v) is 5.93. The summed E-state index contributed by atoms with van der Waals surface area (Å²) < 4.78 is 13.6. The Bertz CT molecular complexity index is 506. The first-order chi connectivity index (χ1) is 9.97. The molecule has 0 saturated carbocycles. The molecule has 0 bridgehead atoms. The average molecular weight is 293 g/mol. The van der Waals surface area contributed by atoms with E-state index in [4.69, 9.17) is 5.73 Å². The summed E-state index contributed by atoms with van der Waals surface area (Å²) in [6, 6.07) is 4.68. The summed E-state index contributed by atoms with van der Waals surface area (Å²) in [6.07, 6.45) is 2.79. The van der Waals surface area contributed by atoms with E-state index in [0.29, 0.717) is 30.6 Å². The number of likely N-dealkylation sites (tertiary alicyclic amines) is 1. The number of nitrogens with two attached hydrogens (primary N) is 1. The lowest BCUT2D eigenvalue weighted by Crippen LogP contribution is -2.43. The number of carbonyl (C=O) groups excluding carboxylic acids is 1.